The highest BCUT2D eigenvalue weighted by atomic mass is 19.1. The Morgan fingerprint density at radius 1 is 1.16 bits per heavy atom. The van der Waals surface area contributed by atoms with Crippen molar-refractivity contribution in [1.82, 2.24) is 24.4 Å². The van der Waals surface area contributed by atoms with Gasteiger partial charge in [0, 0.05) is 43.9 Å². The lowest BCUT2D eigenvalue weighted by Crippen LogP contribution is -2.35. The molecule has 0 saturated carbocycles. The van der Waals surface area contributed by atoms with Crippen LogP contribution in [0.25, 0.3) is 11.3 Å². The van der Waals surface area contributed by atoms with Crippen LogP contribution in [0.5, 0.6) is 5.75 Å². The summed E-state index contributed by atoms with van der Waals surface area (Å²) >= 11 is 0. The molecule has 0 bridgehead atoms. The van der Waals surface area contributed by atoms with Crippen molar-refractivity contribution in [3.05, 3.63) is 47.9 Å². The van der Waals surface area contributed by atoms with Gasteiger partial charge in [-0.2, -0.15) is 0 Å². The molecular weight excluding hydrogens is 469 g/mol. The minimum atomic E-state index is -0.191. The van der Waals surface area contributed by atoms with Crippen LogP contribution in [0.1, 0.15) is 57.8 Å². The Morgan fingerprint density at radius 3 is 2.54 bits per heavy atom. The van der Waals surface area contributed by atoms with Crippen LogP contribution < -0.4 is 15.4 Å². The van der Waals surface area contributed by atoms with Crippen LogP contribution in [-0.2, 0) is 6.54 Å². The molecule has 1 aromatic carbocycles. The highest BCUT2D eigenvalue weighted by molar-refractivity contribution is 5.63. The number of ether oxygens (including phenoxy) is 1. The molecule has 2 N–H and O–H groups in total. The Balaban J connectivity index is 1.57. The number of benzene rings is 1. The number of nitrogens with two attached hydrogens (primary N) is 1. The second-order valence-electron chi connectivity index (χ2n) is 10.0. The van der Waals surface area contributed by atoms with Gasteiger partial charge in [-0.25, -0.2) is 19.3 Å². The van der Waals surface area contributed by atoms with E-state index >= 15 is 0 Å². The summed E-state index contributed by atoms with van der Waals surface area (Å²) in [6, 6.07) is 5.23. The number of nitrogens with zero attached hydrogens (tertiary/aromatic N) is 6. The molecule has 0 amide bonds. The number of aromatic nitrogens is 4. The molecule has 1 aliphatic heterocycles. The Labute approximate surface area is 219 Å². The van der Waals surface area contributed by atoms with Gasteiger partial charge in [0.25, 0.3) is 0 Å². The van der Waals surface area contributed by atoms with Crippen LogP contribution in [0.4, 0.5) is 16.0 Å². The third-order valence-corrected chi connectivity index (χ3v) is 7.14. The summed E-state index contributed by atoms with van der Waals surface area (Å²) < 4.78 is 22.2. The minimum absolute atomic E-state index is 0.0172. The Bertz CT molecular complexity index is 1180. The lowest BCUT2D eigenvalue weighted by atomic mass is 9.95. The lowest BCUT2D eigenvalue weighted by molar-refractivity contribution is 0.242. The predicted molar refractivity (Wildman–Crippen MR) is 147 cm³/mol. The Kier molecular flexibility index (Phi) is 8.63. The molecule has 4 rings (SSSR count). The van der Waals surface area contributed by atoms with Crippen LogP contribution in [-0.4, -0.2) is 63.2 Å². The number of halogens is 1. The Morgan fingerprint density at radius 2 is 1.89 bits per heavy atom. The van der Waals surface area contributed by atoms with Crippen molar-refractivity contribution >= 4 is 11.6 Å². The standard InChI is InChI=1S/C28H40FN7O/c1-6-34(7-2)14-15-36-17-24(22-8-9-23(29)20(5)16-22)33-27(36)21-10-12-35(13-11-21)28-25(37-19(3)4)26(30)31-18-32-28/h8-9,16-19,21H,6-7,10-15H2,1-5H3,(H2,30,31,32). The van der Waals surface area contributed by atoms with E-state index in [1.165, 1.54) is 12.4 Å². The number of piperidine rings is 1. The van der Waals surface area contributed by atoms with Crippen molar-refractivity contribution in [2.45, 2.75) is 66.0 Å². The first-order valence-electron chi connectivity index (χ1n) is 13.4. The van der Waals surface area contributed by atoms with E-state index in [0.717, 1.165) is 75.0 Å². The third-order valence-electron chi connectivity index (χ3n) is 7.14. The first-order valence-corrected chi connectivity index (χ1v) is 13.4. The predicted octanol–water partition coefficient (Wildman–Crippen LogP) is 4.88. The van der Waals surface area contributed by atoms with E-state index in [9.17, 15) is 4.39 Å². The zero-order valence-electron chi connectivity index (χ0n) is 22.7. The second-order valence-corrected chi connectivity index (χ2v) is 10.0. The molecule has 0 aliphatic carbocycles. The van der Waals surface area contributed by atoms with E-state index in [1.807, 2.05) is 26.0 Å². The van der Waals surface area contributed by atoms with Gasteiger partial charge in [0.1, 0.15) is 18.0 Å². The number of imidazole rings is 1. The van der Waals surface area contributed by atoms with Gasteiger partial charge in [-0.1, -0.05) is 13.8 Å². The van der Waals surface area contributed by atoms with Crippen LogP contribution in [0.2, 0.25) is 0 Å². The van der Waals surface area contributed by atoms with E-state index in [1.54, 1.807) is 6.92 Å². The van der Waals surface area contributed by atoms with Crippen LogP contribution >= 0.6 is 0 Å². The van der Waals surface area contributed by atoms with Gasteiger partial charge in [-0.05, 0) is 70.5 Å². The highest BCUT2D eigenvalue weighted by Gasteiger charge is 2.28. The van der Waals surface area contributed by atoms with Crippen LogP contribution in [0, 0.1) is 12.7 Å². The van der Waals surface area contributed by atoms with Crippen molar-refractivity contribution in [2.75, 3.05) is 43.4 Å². The second kappa shape index (κ2) is 11.9. The van der Waals surface area contributed by atoms with Gasteiger partial charge in [0.2, 0.25) is 5.75 Å². The molecule has 3 heterocycles. The van der Waals surface area contributed by atoms with Crippen LogP contribution in [0.3, 0.4) is 0 Å². The number of hydrogen-bond donors (Lipinski definition) is 1. The van der Waals surface area contributed by atoms with Gasteiger partial charge < -0.3 is 24.8 Å². The number of nitrogen functional groups attached to an aromatic ring is 1. The van der Waals surface area contributed by atoms with E-state index in [4.69, 9.17) is 15.5 Å². The first kappa shape index (κ1) is 26.9. The van der Waals surface area contributed by atoms with Crippen molar-refractivity contribution in [3.63, 3.8) is 0 Å². The fourth-order valence-corrected chi connectivity index (χ4v) is 4.97. The quantitative estimate of drug-likeness (QED) is 0.417. The molecule has 0 atom stereocenters. The van der Waals surface area contributed by atoms with E-state index < -0.39 is 0 Å². The zero-order valence-corrected chi connectivity index (χ0v) is 22.7. The maximum atomic E-state index is 13.9. The summed E-state index contributed by atoms with van der Waals surface area (Å²) in [6.07, 6.45) is 5.50. The molecule has 1 aliphatic rings. The van der Waals surface area contributed by atoms with Crippen molar-refractivity contribution in [1.29, 1.82) is 0 Å². The molecule has 37 heavy (non-hydrogen) atoms. The molecule has 1 saturated heterocycles. The maximum absolute atomic E-state index is 13.9. The summed E-state index contributed by atoms with van der Waals surface area (Å²) in [5, 5.41) is 0. The van der Waals surface area contributed by atoms with E-state index in [2.05, 4.69) is 44.4 Å². The molecule has 8 nitrogen and oxygen atoms in total. The molecule has 9 heteroatoms. The molecule has 0 unspecified atom stereocenters. The smallest absolute Gasteiger partial charge is 0.204 e. The molecular formula is C28H40FN7O. The summed E-state index contributed by atoms with van der Waals surface area (Å²) in [6.45, 7) is 15.7. The number of hydrogen-bond acceptors (Lipinski definition) is 7. The van der Waals surface area contributed by atoms with Gasteiger partial charge in [-0.15, -0.1) is 0 Å². The average Bonchev–Trinajstić information content (AvgIpc) is 3.31. The molecule has 200 valence electrons. The van der Waals surface area contributed by atoms with E-state index in [-0.39, 0.29) is 11.9 Å². The minimum Gasteiger partial charge on any atom is -0.484 e. The van der Waals surface area contributed by atoms with Gasteiger partial charge in [0.05, 0.1) is 11.8 Å². The summed E-state index contributed by atoms with van der Waals surface area (Å²) in [4.78, 5) is 18.4. The number of likely N-dealkylation sites (N-methyl/N-ethyl adjacent to an activating group) is 1. The molecule has 1 fully saturated rings. The number of anilines is 2. The monoisotopic (exact) mass is 509 g/mol. The fourth-order valence-electron chi connectivity index (χ4n) is 4.97. The van der Waals surface area contributed by atoms with Gasteiger partial charge in [0.15, 0.2) is 11.6 Å². The van der Waals surface area contributed by atoms with Crippen molar-refractivity contribution in [3.8, 4) is 17.0 Å². The van der Waals surface area contributed by atoms with Crippen LogP contribution in [0.15, 0.2) is 30.7 Å². The fraction of sp³-hybridized carbons (Fsp3) is 0.536. The van der Waals surface area contributed by atoms with Gasteiger partial charge >= 0.3 is 0 Å². The highest BCUT2D eigenvalue weighted by Crippen LogP contribution is 2.36. The number of rotatable bonds is 10. The molecule has 3 aromatic rings. The summed E-state index contributed by atoms with van der Waals surface area (Å²) in [7, 11) is 0. The topological polar surface area (TPSA) is 85.3 Å². The Hall–Kier alpha value is -3.20. The van der Waals surface area contributed by atoms with Crippen molar-refractivity contribution < 1.29 is 9.13 Å². The lowest BCUT2D eigenvalue weighted by Gasteiger charge is -2.33. The maximum Gasteiger partial charge on any atom is 0.204 e. The van der Waals surface area contributed by atoms with Gasteiger partial charge in [-0.3, -0.25) is 0 Å². The normalized spacial score (nSPS) is 14.6. The van der Waals surface area contributed by atoms with Crippen molar-refractivity contribution in [2.24, 2.45) is 0 Å². The molecule has 0 radical (unpaired) electrons. The number of aryl methyl sites for hydroxylation is 1. The SMILES string of the molecule is CCN(CC)CCn1cc(-c2ccc(F)c(C)c2)nc1C1CCN(c2ncnc(N)c2OC(C)C)CC1. The largest absolute Gasteiger partial charge is 0.484 e. The average molecular weight is 510 g/mol. The summed E-state index contributed by atoms with van der Waals surface area (Å²) in [5.74, 6) is 2.91. The molecule has 0 spiro atoms. The zero-order chi connectivity index (χ0) is 26.5. The van der Waals surface area contributed by atoms with E-state index in [0.29, 0.717) is 23.0 Å². The molecule has 2 aromatic heterocycles. The third kappa shape index (κ3) is 6.21. The summed E-state index contributed by atoms with van der Waals surface area (Å²) in [5.41, 5.74) is 8.61. The first-order chi connectivity index (χ1) is 17.8.